The number of benzene rings is 1. The smallest absolute Gasteiger partial charge is 0.308 e. The molecule has 7 heteroatoms. The molecule has 0 fully saturated rings. The van der Waals surface area contributed by atoms with Crippen molar-refractivity contribution in [2.45, 2.75) is 13.3 Å². The lowest BCUT2D eigenvalue weighted by Crippen LogP contribution is -2.29. The highest BCUT2D eigenvalue weighted by molar-refractivity contribution is 7.12. The number of esters is 1. The Kier molecular flexibility index (Phi) is 6.51. The SMILES string of the molecule is CC(=O)Oc1cccc(C(=O)NCCCNC(=O)c2cccs2)c1. The van der Waals surface area contributed by atoms with E-state index in [1.54, 1.807) is 24.3 Å². The minimum Gasteiger partial charge on any atom is -0.427 e. The van der Waals surface area contributed by atoms with Crippen LogP contribution < -0.4 is 15.4 Å². The fourth-order valence-electron chi connectivity index (χ4n) is 1.96. The topological polar surface area (TPSA) is 84.5 Å². The van der Waals surface area contributed by atoms with Gasteiger partial charge < -0.3 is 15.4 Å². The summed E-state index contributed by atoms with van der Waals surface area (Å²) in [5.41, 5.74) is 0.413. The van der Waals surface area contributed by atoms with Crippen LogP contribution in [0.4, 0.5) is 0 Å². The van der Waals surface area contributed by atoms with Crippen LogP contribution in [0, 0.1) is 0 Å². The van der Waals surface area contributed by atoms with Gasteiger partial charge in [-0.25, -0.2) is 0 Å². The van der Waals surface area contributed by atoms with Crippen molar-refractivity contribution >= 4 is 29.1 Å². The van der Waals surface area contributed by atoms with Gasteiger partial charge in [0.25, 0.3) is 11.8 Å². The molecule has 2 rings (SSSR count). The molecule has 0 spiro atoms. The van der Waals surface area contributed by atoms with E-state index in [-0.39, 0.29) is 11.8 Å². The summed E-state index contributed by atoms with van der Waals surface area (Å²) in [6.45, 7) is 2.21. The van der Waals surface area contributed by atoms with Crippen molar-refractivity contribution in [3.05, 3.63) is 52.2 Å². The molecule has 0 saturated heterocycles. The zero-order valence-electron chi connectivity index (χ0n) is 13.2. The third kappa shape index (κ3) is 5.51. The molecule has 0 aliphatic rings. The largest absolute Gasteiger partial charge is 0.427 e. The Morgan fingerprint density at radius 3 is 2.46 bits per heavy atom. The van der Waals surface area contributed by atoms with Crippen LogP contribution in [0.1, 0.15) is 33.4 Å². The van der Waals surface area contributed by atoms with Crippen LogP contribution in [-0.2, 0) is 4.79 Å². The van der Waals surface area contributed by atoms with Gasteiger partial charge in [-0.05, 0) is 36.1 Å². The third-order valence-electron chi connectivity index (χ3n) is 3.03. The molecule has 1 heterocycles. The first-order chi connectivity index (χ1) is 11.6. The lowest BCUT2D eigenvalue weighted by molar-refractivity contribution is -0.131. The van der Waals surface area contributed by atoms with Gasteiger partial charge in [-0.2, -0.15) is 0 Å². The molecule has 2 N–H and O–H groups in total. The number of thiophene rings is 1. The molecule has 0 aliphatic heterocycles. The minimum atomic E-state index is -0.436. The molecule has 126 valence electrons. The second-order valence-corrected chi connectivity index (χ2v) is 5.91. The highest BCUT2D eigenvalue weighted by atomic mass is 32.1. The van der Waals surface area contributed by atoms with Gasteiger partial charge in [-0.1, -0.05) is 12.1 Å². The van der Waals surface area contributed by atoms with Crippen molar-refractivity contribution in [3.63, 3.8) is 0 Å². The highest BCUT2D eigenvalue weighted by Gasteiger charge is 2.08. The Balaban J connectivity index is 1.71. The molecule has 0 aliphatic carbocycles. The quantitative estimate of drug-likeness (QED) is 0.457. The summed E-state index contributed by atoms with van der Waals surface area (Å²) < 4.78 is 4.94. The van der Waals surface area contributed by atoms with E-state index in [0.717, 1.165) is 0 Å². The number of rotatable bonds is 7. The van der Waals surface area contributed by atoms with Crippen LogP contribution in [0.25, 0.3) is 0 Å². The summed E-state index contributed by atoms with van der Waals surface area (Å²) in [7, 11) is 0. The predicted octanol–water partition coefficient (Wildman–Crippen LogP) is 2.22. The monoisotopic (exact) mass is 346 g/mol. The van der Waals surface area contributed by atoms with E-state index in [1.807, 2.05) is 11.4 Å². The summed E-state index contributed by atoms with van der Waals surface area (Å²) in [5, 5.41) is 7.40. The van der Waals surface area contributed by atoms with Gasteiger partial charge in [0.15, 0.2) is 0 Å². The van der Waals surface area contributed by atoms with E-state index in [1.165, 1.54) is 24.3 Å². The molecule has 6 nitrogen and oxygen atoms in total. The fraction of sp³-hybridized carbons (Fsp3) is 0.235. The molecule has 0 atom stereocenters. The number of hydrogen-bond acceptors (Lipinski definition) is 5. The van der Waals surface area contributed by atoms with Gasteiger partial charge in [-0.3, -0.25) is 14.4 Å². The second-order valence-electron chi connectivity index (χ2n) is 4.96. The fourth-order valence-corrected chi connectivity index (χ4v) is 2.60. The summed E-state index contributed by atoms with van der Waals surface area (Å²) in [4.78, 5) is 35.3. The molecule has 2 aromatic rings. The first kappa shape index (κ1) is 17.7. The second kappa shape index (κ2) is 8.83. The summed E-state index contributed by atoms with van der Waals surface area (Å²) in [6, 6.07) is 9.99. The van der Waals surface area contributed by atoms with Crippen molar-refractivity contribution in [2.75, 3.05) is 13.1 Å². The van der Waals surface area contributed by atoms with E-state index in [9.17, 15) is 14.4 Å². The summed E-state index contributed by atoms with van der Waals surface area (Å²) >= 11 is 1.38. The molecule has 0 radical (unpaired) electrons. The van der Waals surface area contributed by atoms with E-state index in [4.69, 9.17) is 4.74 Å². The Morgan fingerprint density at radius 2 is 1.79 bits per heavy atom. The Morgan fingerprint density at radius 1 is 1.04 bits per heavy atom. The predicted molar refractivity (Wildman–Crippen MR) is 91.4 cm³/mol. The number of nitrogens with one attached hydrogen (secondary N) is 2. The Labute approximate surface area is 143 Å². The zero-order chi connectivity index (χ0) is 17.4. The van der Waals surface area contributed by atoms with Crippen molar-refractivity contribution in [2.24, 2.45) is 0 Å². The standard InChI is InChI=1S/C17H18N2O4S/c1-12(20)23-14-6-2-5-13(11-14)16(21)18-8-4-9-19-17(22)15-7-3-10-24-15/h2-3,5-7,10-11H,4,8-9H2,1H3,(H,18,21)(H,19,22). The molecular weight excluding hydrogens is 328 g/mol. The molecule has 0 bridgehead atoms. The van der Waals surface area contributed by atoms with E-state index < -0.39 is 5.97 Å². The first-order valence-electron chi connectivity index (χ1n) is 7.44. The average molecular weight is 346 g/mol. The maximum Gasteiger partial charge on any atom is 0.308 e. The molecule has 0 unspecified atom stereocenters. The van der Waals surface area contributed by atoms with Crippen molar-refractivity contribution in [1.29, 1.82) is 0 Å². The van der Waals surface area contributed by atoms with Gasteiger partial charge in [0.2, 0.25) is 0 Å². The normalized spacial score (nSPS) is 10.0. The van der Waals surface area contributed by atoms with Gasteiger partial charge in [-0.15, -0.1) is 11.3 Å². The molecule has 24 heavy (non-hydrogen) atoms. The van der Waals surface area contributed by atoms with Crippen molar-refractivity contribution < 1.29 is 19.1 Å². The molecule has 0 saturated carbocycles. The number of ether oxygens (including phenoxy) is 1. The number of carbonyl (C=O) groups is 3. The average Bonchev–Trinajstić information content (AvgIpc) is 3.08. The molecule has 1 aromatic carbocycles. The van der Waals surface area contributed by atoms with Crippen LogP contribution in [0.15, 0.2) is 41.8 Å². The maximum absolute atomic E-state index is 12.0. The molecule has 2 amide bonds. The van der Waals surface area contributed by atoms with Crippen LogP contribution in [-0.4, -0.2) is 30.9 Å². The van der Waals surface area contributed by atoms with Crippen LogP contribution in [0.5, 0.6) is 5.75 Å². The molecule has 1 aromatic heterocycles. The number of hydrogen-bond donors (Lipinski definition) is 2. The van der Waals surface area contributed by atoms with Crippen LogP contribution in [0.3, 0.4) is 0 Å². The van der Waals surface area contributed by atoms with Crippen LogP contribution in [0.2, 0.25) is 0 Å². The van der Waals surface area contributed by atoms with Crippen molar-refractivity contribution in [1.82, 2.24) is 10.6 Å². The van der Waals surface area contributed by atoms with Crippen LogP contribution >= 0.6 is 11.3 Å². The van der Waals surface area contributed by atoms with Gasteiger partial charge >= 0.3 is 5.97 Å². The van der Waals surface area contributed by atoms with Gasteiger partial charge in [0, 0.05) is 25.6 Å². The number of amides is 2. The third-order valence-corrected chi connectivity index (χ3v) is 3.90. The summed E-state index contributed by atoms with van der Waals surface area (Å²) in [5.74, 6) is -0.466. The van der Waals surface area contributed by atoms with Gasteiger partial charge in [0.05, 0.1) is 4.88 Å². The van der Waals surface area contributed by atoms with E-state index >= 15 is 0 Å². The van der Waals surface area contributed by atoms with Crippen molar-refractivity contribution in [3.8, 4) is 5.75 Å². The van der Waals surface area contributed by atoms with E-state index in [2.05, 4.69) is 10.6 Å². The molecular formula is C17H18N2O4S. The lowest BCUT2D eigenvalue weighted by Gasteiger charge is -2.07. The Bertz CT molecular complexity index is 713. The summed E-state index contributed by atoms with van der Waals surface area (Å²) in [6.07, 6.45) is 0.618. The zero-order valence-corrected chi connectivity index (χ0v) is 14.0. The highest BCUT2D eigenvalue weighted by Crippen LogP contribution is 2.13. The minimum absolute atomic E-state index is 0.106. The lowest BCUT2D eigenvalue weighted by atomic mass is 10.2. The maximum atomic E-state index is 12.0. The number of carbonyl (C=O) groups excluding carboxylic acids is 3. The first-order valence-corrected chi connectivity index (χ1v) is 8.32. The van der Waals surface area contributed by atoms with Gasteiger partial charge in [0.1, 0.15) is 5.75 Å². The van der Waals surface area contributed by atoms with E-state index in [0.29, 0.717) is 35.7 Å². The Hall–Kier alpha value is -2.67.